The Bertz CT molecular complexity index is 818. The Morgan fingerprint density at radius 2 is 1.96 bits per heavy atom. The fourth-order valence-electron chi connectivity index (χ4n) is 2.62. The maximum atomic E-state index is 12.7. The van der Waals surface area contributed by atoms with E-state index < -0.39 is 17.9 Å². The molecule has 0 radical (unpaired) electrons. The molecule has 0 saturated carbocycles. The van der Waals surface area contributed by atoms with Crippen molar-refractivity contribution in [1.82, 2.24) is 15.3 Å². The van der Waals surface area contributed by atoms with E-state index in [1.165, 1.54) is 18.4 Å². The zero-order chi connectivity index (χ0) is 19.4. The Balaban J connectivity index is 2.41. The lowest BCUT2D eigenvalue weighted by atomic mass is 10.0. The molecule has 2 N–H and O–H groups in total. The van der Waals surface area contributed by atoms with Gasteiger partial charge >= 0.3 is 5.97 Å². The molecule has 2 aromatic heterocycles. The summed E-state index contributed by atoms with van der Waals surface area (Å²) in [4.78, 5) is 33.8. The Labute approximate surface area is 155 Å². The second-order valence-corrected chi connectivity index (χ2v) is 7.31. The number of aryl methyl sites for hydroxylation is 1. The van der Waals surface area contributed by atoms with Gasteiger partial charge in [-0.25, -0.2) is 9.78 Å². The third kappa shape index (κ3) is 4.28. The van der Waals surface area contributed by atoms with Gasteiger partial charge in [0.2, 0.25) is 5.88 Å². The summed E-state index contributed by atoms with van der Waals surface area (Å²) in [5.41, 5.74) is 0.664. The number of methoxy groups -OCH3 is 2. The molecule has 9 heteroatoms. The van der Waals surface area contributed by atoms with E-state index in [9.17, 15) is 14.7 Å². The highest BCUT2D eigenvalue weighted by Gasteiger charge is 2.26. The molecule has 8 nitrogen and oxygen atoms in total. The first-order valence-corrected chi connectivity index (χ1v) is 8.96. The number of fused-ring (bicyclic) bond motifs is 1. The van der Waals surface area contributed by atoms with Crippen LogP contribution in [0.4, 0.5) is 0 Å². The summed E-state index contributed by atoms with van der Waals surface area (Å²) < 4.78 is 10.4. The smallest absolute Gasteiger partial charge is 0.326 e. The number of nitrogens with zero attached hydrogens (tertiary/aromatic N) is 2. The first-order valence-electron chi connectivity index (χ1n) is 8.15. The first kappa shape index (κ1) is 20.1. The minimum Gasteiger partial charge on any atom is -0.480 e. The molecule has 0 saturated heterocycles. The monoisotopic (exact) mass is 381 g/mol. The molecule has 2 aromatic rings. The number of aromatic nitrogens is 2. The number of carbonyl (C=O) groups excluding carboxylic acids is 1. The first-order chi connectivity index (χ1) is 12.3. The molecule has 0 aliphatic rings. The molecular formula is C17H23N3O5S. The van der Waals surface area contributed by atoms with E-state index in [1.807, 2.05) is 13.8 Å². The van der Waals surface area contributed by atoms with Crippen molar-refractivity contribution in [2.24, 2.45) is 5.92 Å². The van der Waals surface area contributed by atoms with Gasteiger partial charge in [0.1, 0.15) is 17.5 Å². The molecule has 0 unspecified atom stereocenters. The van der Waals surface area contributed by atoms with Crippen LogP contribution in [0.5, 0.6) is 5.88 Å². The van der Waals surface area contributed by atoms with Gasteiger partial charge in [-0.1, -0.05) is 13.8 Å². The molecule has 0 aliphatic heterocycles. The Hall–Kier alpha value is -2.26. The number of rotatable bonds is 8. The molecule has 2 rings (SSSR count). The van der Waals surface area contributed by atoms with E-state index in [0.29, 0.717) is 38.8 Å². The lowest BCUT2D eigenvalue weighted by molar-refractivity contribution is -0.139. The van der Waals surface area contributed by atoms with Crippen LogP contribution in [0, 0.1) is 12.8 Å². The minimum atomic E-state index is -1.05. The topological polar surface area (TPSA) is 111 Å². The zero-order valence-electron chi connectivity index (χ0n) is 15.5. The van der Waals surface area contributed by atoms with Crippen LogP contribution in [0.15, 0.2) is 0 Å². The normalized spacial score (nSPS) is 12.4. The molecule has 0 aliphatic carbocycles. The Kier molecular flexibility index (Phi) is 6.49. The van der Waals surface area contributed by atoms with E-state index >= 15 is 0 Å². The third-order valence-corrected chi connectivity index (χ3v) is 4.97. The third-order valence-electron chi connectivity index (χ3n) is 3.79. The molecule has 142 valence electrons. The summed E-state index contributed by atoms with van der Waals surface area (Å²) in [6, 6.07) is -0.941. The van der Waals surface area contributed by atoms with Gasteiger partial charge in [0, 0.05) is 7.11 Å². The molecule has 26 heavy (non-hydrogen) atoms. The van der Waals surface area contributed by atoms with Crippen molar-refractivity contribution in [3.05, 3.63) is 16.3 Å². The van der Waals surface area contributed by atoms with E-state index in [2.05, 4.69) is 15.3 Å². The quantitative estimate of drug-likeness (QED) is 0.722. The highest BCUT2D eigenvalue weighted by Crippen LogP contribution is 2.35. The molecule has 0 spiro atoms. The van der Waals surface area contributed by atoms with Crippen LogP contribution < -0.4 is 10.1 Å². The summed E-state index contributed by atoms with van der Waals surface area (Å²) in [6.07, 6.45) is 0.353. The average Bonchev–Trinajstić information content (AvgIpc) is 2.90. The van der Waals surface area contributed by atoms with Crippen molar-refractivity contribution < 1.29 is 24.2 Å². The van der Waals surface area contributed by atoms with Crippen LogP contribution in [0.25, 0.3) is 10.2 Å². The second kappa shape index (κ2) is 8.41. The van der Waals surface area contributed by atoms with Crippen molar-refractivity contribution >= 4 is 33.4 Å². The number of hydrogen-bond donors (Lipinski definition) is 2. The van der Waals surface area contributed by atoms with Crippen molar-refractivity contribution in [3.63, 3.8) is 0 Å². The Morgan fingerprint density at radius 1 is 1.27 bits per heavy atom. The average molecular weight is 381 g/mol. The van der Waals surface area contributed by atoms with Gasteiger partial charge in [0.15, 0.2) is 5.82 Å². The van der Waals surface area contributed by atoms with Gasteiger partial charge < -0.3 is 19.9 Å². The second-order valence-electron chi connectivity index (χ2n) is 6.31. The maximum absolute atomic E-state index is 12.7. The SMILES string of the molecule is COCc1nc(OC)c2c(C)c(C(=O)N[C@@H](CC(C)C)C(=O)O)sc2n1. The molecule has 1 amide bonds. The number of carbonyl (C=O) groups is 2. The van der Waals surface area contributed by atoms with Gasteiger partial charge in [-0.3, -0.25) is 4.79 Å². The van der Waals surface area contributed by atoms with Crippen LogP contribution in [0.1, 0.15) is 41.3 Å². The summed E-state index contributed by atoms with van der Waals surface area (Å²) in [5, 5.41) is 12.6. The molecule has 0 fully saturated rings. The zero-order valence-corrected chi connectivity index (χ0v) is 16.3. The molecule has 0 aromatic carbocycles. The van der Waals surface area contributed by atoms with Crippen LogP contribution >= 0.6 is 11.3 Å². The number of aliphatic carboxylic acids is 1. The predicted octanol–water partition coefficient (Wildman–Crippen LogP) is 2.38. The number of thiophene rings is 1. The van der Waals surface area contributed by atoms with Crippen molar-refractivity contribution in [2.75, 3.05) is 14.2 Å². The molecule has 2 heterocycles. The number of carboxylic acids is 1. The minimum absolute atomic E-state index is 0.141. The van der Waals surface area contributed by atoms with Gasteiger partial charge in [0.25, 0.3) is 5.91 Å². The maximum Gasteiger partial charge on any atom is 0.326 e. The van der Waals surface area contributed by atoms with Crippen LogP contribution in [-0.4, -0.2) is 47.2 Å². The van der Waals surface area contributed by atoms with Gasteiger partial charge in [-0.05, 0) is 24.8 Å². The highest BCUT2D eigenvalue weighted by atomic mass is 32.1. The standard InChI is InChI=1S/C17H23N3O5S/c1-8(2)6-10(17(22)23)18-14(21)13-9(3)12-15(25-5)19-11(7-24-4)20-16(12)26-13/h8,10H,6-7H2,1-5H3,(H,18,21)(H,22,23)/t10-/m0/s1. The number of hydrogen-bond acceptors (Lipinski definition) is 7. The van der Waals surface area contributed by atoms with E-state index in [0.717, 1.165) is 0 Å². The van der Waals surface area contributed by atoms with E-state index in [4.69, 9.17) is 9.47 Å². The van der Waals surface area contributed by atoms with E-state index in [1.54, 1.807) is 14.0 Å². The van der Waals surface area contributed by atoms with Gasteiger partial charge in [0.05, 0.1) is 17.4 Å². The lowest BCUT2D eigenvalue weighted by Crippen LogP contribution is -2.41. The predicted molar refractivity (Wildman–Crippen MR) is 97.8 cm³/mol. The number of amides is 1. The summed E-state index contributed by atoms with van der Waals surface area (Å²) >= 11 is 1.18. The van der Waals surface area contributed by atoms with Gasteiger partial charge in [-0.2, -0.15) is 4.98 Å². The van der Waals surface area contributed by atoms with Crippen molar-refractivity contribution in [1.29, 1.82) is 0 Å². The van der Waals surface area contributed by atoms with Crippen molar-refractivity contribution in [3.8, 4) is 5.88 Å². The van der Waals surface area contributed by atoms with E-state index in [-0.39, 0.29) is 12.5 Å². The summed E-state index contributed by atoms with van der Waals surface area (Å²) in [6.45, 7) is 5.81. The highest BCUT2D eigenvalue weighted by molar-refractivity contribution is 7.20. The van der Waals surface area contributed by atoms with Crippen LogP contribution in [-0.2, 0) is 16.1 Å². The van der Waals surface area contributed by atoms with Crippen molar-refractivity contribution in [2.45, 2.75) is 39.8 Å². The number of nitrogens with one attached hydrogen (secondary N) is 1. The summed E-state index contributed by atoms with van der Waals surface area (Å²) in [7, 11) is 3.04. The van der Waals surface area contributed by atoms with Crippen LogP contribution in [0.3, 0.4) is 0 Å². The fourth-order valence-corrected chi connectivity index (χ4v) is 3.71. The molecular weight excluding hydrogens is 358 g/mol. The fraction of sp³-hybridized carbons (Fsp3) is 0.529. The Morgan fingerprint density at radius 3 is 2.50 bits per heavy atom. The molecule has 1 atom stereocenters. The van der Waals surface area contributed by atoms with Gasteiger partial charge in [-0.15, -0.1) is 11.3 Å². The number of carboxylic acid groups (broad SMARTS) is 1. The molecule has 0 bridgehead atoms. The lowest BCUT2D eigenvalue weighted by Gasteiger charge is -2.16. The summed E-state index contributed by atoms with van der Waals surface area (Å²) in [5.74, 6) is -0.526. The largest absolute Gasteiger partial charge is 0.480 e. The number of ether oxygens (including phenoxy) is 2. The van der Waals surface area contributed by atoms with Crippen LogP contribution in [0.2, 0.25) is 0 Å².